The first kappa shape index (κ1) is 24.4. The normalized spacial score (nSPS) is 29.5. The highest BCUT2D eigenvalue weighted by Gasteiger charge is 1.90. The summed E-state index contributed by atoms with van der Waals surface area (Å²) in [4.78, 5) is 0. The van der Waals surface area contributed by atoms with E-state index in [9.17, 15) is 0 Å². The maximum atomic E-state index is 3.36. The summed E-state index contributed by atoms with van der Waals surface area (Å²) in [6.45, 7) is 0. The van der Waals surface area contributed by atoms with E-state index in [2.05, 4.69) is 36.5 Å². The Bertz CT molecular complexity index is 596. The molecular formula is C29H37. The standard InChI is InChI=1S/C29H37/c1-2-4-6-8-10-12-14-16-18-20-22-24-26-28-29-27-25-23-21-19-17-15-13-11-9-7-5-3-1/h1-19H,20,22-29H2/b2-1-,5-3-,6-4-,9-7-,10-8+,13-11-,14-12-,17-15-,18-16-,21-19?. The first-order valence-corrected chi connectivity index (χ1v) is 11.1. The molecule has 153 valence electrons. The van der Waals surface area contributed by atoms with Gasteiger partial charge in [-0.25, -0.2) is 0 Å². The molecule has 0 amide bonds. The Kier molecular flexibility index (Phi) is 18.3. The van der Waals surface area contributed by atoms with Gasteiger partial charge < -0.3 is 0 Å². The van der Waals surface area contributed by atoms with E-state index in [1.54, 1.807) is 0 Å². The van der Waals surface area contributed by atoms with Crippen LogP contribution in [0.15, 0.2) is 115 Å². The van der Waals surface area contributed by atoms with Crippen LogP contribution in [0.3, 0.4) is 0 Å². The van der Waals surface area contributed by atoms with Gasteiger partial charge in [0.05, 0.1) is 0 Å². The average molecular weight is 386 g/mol. The van der Waals surface area contributed by atoms with Gasteiger partial charge in [-0.15, -0.1) is 0 Å². The Labute approximate surface area is 179 Å². The van der Waals surface area contributed by atoms with Gasteiger partial charge in [0, 0.05) is 0 Å². The lowest BCUT2D eigenvalue weighted by Crippen LogP contribution is -1.80. The van der Waals surface area contributed by atoms with Crippen molar-refractivity contribution < 1.29 is 0 Å². The molecule has 0 aliphatic heterocycles. The summed E-state index contributed by atoms with van der Waals surface area (Å²) in [5.41, 5.74) is 0. The van der Waals surface area contributed by atoms with Gasteiger partial charge in [0.15, 0.2) is 0 Å². The molecule has 1 rings (SSSR count). The molecule has 0 heterocycles. The van der Waals surface area contributed by atoms with Crippen molar-refractivity contribution in [3.05, 3.63) is 122 Å². The Balaban J connectivity index is 2.44. The van der Waals surface area contributed by atoms with Gasteiger partial charge in [0.1, 0.15) is 0 Å². The SMILES string of the molecule is [C]1=C/C=C\C=C/C=C\C=C/C=C\C=C/C=C/C=C\C=C/CCCCCCCCC\1. The largest absolute Gasteiger partial charge is 0.0845 e. The van der Waals surface area contributed by atoms with Crippen LogP contribution >= 0.6 is 0 Å². The Hall–Kier alpha value is -2.60. The van der Waals surface area contributed by atoms with Gasteiger partial charge in [0.25, 0.3) is 0 Å². The monoisotopic (exact) mass is 385 g/mol. The zero-order chi connectivity index (χ0) is 20.5. The molecule has 0 unspecified atom stereocenters. The van der Waals surface area contributed by atoms with E-state index < -0.39 is 0 Å². The van der Waals surface area contributed by atoms with Crippen molar-refractivity contribution >= 4 is 0 Å². The molecule has 0 aromatic heterocycles. The fraction of sp³-hybridized carbons (Fsp3) is 0.310. The molecule has 1 radical (unpaired) electrons. The topological polar surface area (TPSA) is 0 Å². The first-order valence-electron chi connectivity index (χ1n) is 11.1. The molecule has 0 atom stereocenters. The van der Waals surface area contributed by atoms with Gasteiger partial charge in [-0.3, -0.25) is 0 Å². The van der Waals surface area contributed by atoms with E-state index in [4.69, 9.17) is 0 Å². The third kappa shape index (κ3) is 20.0. The zero-order valence-corrected chi connectivity index (χ0v) is 17.8. The average Bonchev–Trinajstić information content (AvgIpc) is 2.73. The van der Waals surface area contributed by atoms with Crippen LogP contribution in [-0.4, -0.2) is 0 Å². The third-order valence-electron chi connectivity index (χ3n) is 4.32. The quantitative estimate of drug-likeness (QED) is 0.390. The molecule has 0 fully saturated rings. The summed E-state index contributed by atoms with van der Waals surface area (Å²) in [6.07, 6.45) is 54.0. The van der Waals surface area contributed by atoms with Crippen molar-refractivity contribution in [1.82, 2.24) is 0 Å². The Morgan fingerprint density at radius 3 is 1.24 bits per heavy atom. The highest BCUT2D eigenvalue weighted by molar-refractivity contribution is 5.22. The molecule has 1 aliphatic carbocycles. The van der Waals surface area contributed by atoms with Gasteiger partial charge in [-0.1, -0.05) is 148 Å². The van der Waals surface area contributed by atoms with Crippen molar-refractivity contribution in [3.63, 3.8) is 0 Å². The summed E-state index contributed by atoms with van der Waals surface area (Å²) in [5, 5.41) is 0. The lowest BCUT2D eigenvalue weighted by atomic mass is 10.1. The minimum absolute atomic E-state index is 1.06. The van der Waals surface area contributed by atoms with Crippen molar-refractivity contribution in [2.75, 3.05) is 0 Å². The molecule has 0 aromatic rings. The second-order valence-corrected chi connectivity index (χ2v) is 6.89. The molecule has 0 N–H and O–H groups in total. The van der Waals surface area contributed by atoms with Crippen LogP contribution in [0.5, 0.6) is 0 Å². The van der Waals surface area contributed by atoms with Crippen LogP contribution in [0.25, 0.3) is 0 Å². The third-order valence-corrected chi connectivity index (χ3v) is 4.32. The summed E-state index contributed by atoms with van der Waals surface area (Å²) < 4.78 is 0. The van der Waals surface area contributed by atoms with Gasteiger partial charge in [-0.2, -0.15) is 0 Å². The van der Waals surface area contributed by atoms with E-state index in [1.807, 2.05) is 85.1 Å². The van der Waals surface area contributed by atoms with E-state index in [-0.39, 0.29) is 0 Å². The van der Waals surface area contributed by atoms with E-state index in [1.165, 1.54) is 51.4 Å². The molecule has 0 nitrogen and oxygen atoms in total. The van der Waals surface area contributed by atoms with Gasteiger partial charge >= 0.3 is 0 Å². The number of hydrogen-bond donors (Lipinski definition) is 0. The highest BCUT2D eigenvalue weighted by Crippen LogP contribution is 2.10. The number of rotatable bonds is 0. The van der Waals surface area contributed by atoms with Gasteiger partial charge in [-0.05, 0) is 31.8 Å². The van der Waals surface area contributed by atoms with Crippen LogP contribution in [0, 0.1) is 6.08 Å². The lowest BCUT2D eigenvalue weighted by molar-refractivity contribution is 0.582. The van der Waals surface area contributed by atoms with Crippen molar-refractivity contribution in [3.8, 4) is 0 Å². The number of hydrogen-bond acceptors (Lipinski definition) is 0. The molecule has 29 heavy (non-hydrogen) atoms. The lowest BCUT2D eigenvalue weighted by Gasteiger charge is -1.99. The van der Waals surface area contributed by atoms with Crippen molar-refractivity contribution in [1.29, 1.82) is 0 Å². The second kappa shape index (κ2) is 21.7. The van der Waals surface area contributed by atoms with Crippen LogP contribution in [-0.2, 0) is 0 Å². The first-order chi connectivity index (χ1) is 14.5. The Morgan fingerprint density at radius 1 is 0.345 bits per heavy atom. The molecule has 0 heteroatoms. The fourth-order valence-corrected chi connectivity index (χ4v) is 2.72. The van der Waals surface area contributed by atoms with Crippen LogP contribution in [0.2, 0.25) is 0 Å². The molecule has 0 saturated carbocycles. The van der Waals surface area contributed by atoms with E-state index >= 15 is 0 Å². The minimum Gasteiger partial charge on any atom is -0.0845 e. The van der Waals surface area contributed by atoms with Crippen LogP contribution in [0.4, 0.5) is 0 Å². The molecule has 1 aliphatic rings. The van der Waals surface area contributed by atoms with Gasteiger partial charge in [0.2, 0.25) is 0 Å². The maximum absolute atomic E-state index is 3.36. The number of allylic oxidation sites excluding steroid dienone is 20. The second-order valence-electron chi connectivity index (χ2n) is 6.89. The van der Waals surface area contributed by atoms with E-state index in [0.29, 0.717) is 0 Å². The molecule has 0 aromatic carbocycles. The molecule has 0 bridgehead atoms. The van der Waals surface area contributed by atoms with E-state index in [0.717, 1.165) is 6.42 Å². The minimum atomic E-state index is 1.06. The molecule has 0 spiro atoms. The van der Waals surface area contributed by atoms with Crippen molar-refractivity contribution in [2.45, 2.75) is 57.8 Å². The summed E-state index contributed by atoms with van der Waals surface area (Å²) in [5.74, 6) is 0. The Morgan fingerprint density at radius 2 is 0.724 bits per heavy atom. The fourth-order valence-electron chi connectivity index (χ4n) is 2.72. The zero-order valence-electron chi connectivity index (χ0n) is 17.8. The molecular weight excluding hydrogens is 348 g/mol. The predicted octanol–water partition coefficient (Wildman–Crippen LogP) is 8.88. The van der Waals surface area contributed by atoms with Crippen molar-refractivity contribution in [2.24, 2.45) is 0 Å². The summed E-state index contributed by atoms with van der Waals surface area (Å²) >= 11 is 0. The van der Waals surface area contributed by atoms with Crippen LogP contribution in [0.1, 0.15) is 57.8 Å². The maximum Gasteiger partial charge on any atom is -0.0276 e. The predicted molar refractivity (Wildman–Crippen MR) is 132 cm³/mol. The van der Waals surface area contributed by atoms with Crippen LogP contribution < -0.4 is 0 Å². The molecule has 0 saturated heterocycles. The highest BCUT2D eigenvalue weighted by atomic mass is 14.0. The summed E-state index contributed by atoms with van der Waals surface area (Å²) in [7, 11) is 0. The summed E-state index contributed by atoms with van der Waals surface area (Å²) in [6, 6.07) is 0. The smallest absolute Gasteiger partial charge is 0.0276 e.